The number of pyridine rings is 1. The number of carbonyl (C=O) groups excluding carboxylic acids is 1. The van der Waals surface area contributed by atoms with Crippen LogP contribution in [0.25, 0.3) is 10.9 Å². The average Bonchev–Trinajstić information content (AvgIpc) is 2.99. The molecule has 0 saturated carbocycles. The number of primary amides is 1. The van der Waals surface area contributed by atoms with E-state index in [4.69, 9.17) is 5.73 Å². The second-order valence-electron chi connectivity index (χ2n) is 5.92. The monoisotopic (exact) mass is 304 g/mol. The average molecular weight is 304 g/mol. The van der Waals surface area contributed by atoms with Crippen molar-refractivity contribution in [1.29, 1.82) is 0 Å². The van der Waals surface area contributed by atoms with Gasteiger partial charge in [-0.05, 0) is 36.1 Å². The Balaban J connectivity index is 1.86. The van der Waals surface area contributed by atoms with Gasteiger partial charge in [0.25, 0.3) is 5.91 Å². The Morgan fingerprint density at radius 3 is 2.74 bits per heavy atom. The Morgan fingerprint density at radius 2 is 1.91 bits per heavy atom. The second kappa shape index (κ2) is 5.09. The van der Waals surface area contributed by atoms with E-state index in [1.54, 1.807) is 6.07 Å². The number of nitrogens with two attached hydrogens (primary N) is 1. The smallest absolute Gasteiger partial charge is 0.252 e. The SMILES string of the molecule is NC(=O)c1ccc2ccc(C3CCc4ccccc43)nc2c1O. The first-order valence-electron chi connectivity index (χ1n) is 7.65. The molecule has 1 heterocycles. The van der Waals surface area contributed by atoms with E-state index in [1.807, 2.05) is 18.2 Å². The van der Waals surface area contributed by atoms with Gasteiger partial charge in [0.05, 0.1) is 5.56 Å². The highest BCUT2D eigenvalue weighted by Gasteiger charge is 2.25. The Bertz CT molecular complexity index is 934. The minimum atomic E-state index is -0.650. The molecule has 0 bridgehead atoms. The molecule has 1 aromatic heterocycles. The number of phenols is 1. The molecule has 0 fully saturated rings. The quantitative estimate of drug-likeness (QED) is 0.763. The molecule has 4 nitrogen and oxygen atoms in total. The summed E-state index contributed by atoms with van der Waals surface area (Å²) in [6.07, 6.45) is 2.04. The van der Waals surface area contributed by atoms with E-state index in [2.05, 4.69) is 23.2 Å². The summed E-state index contributed by atoms with van der Waals surface area (Å²) in [6.45, 7) is 0. The Hall–Kier alpha value is -2.88. The fourth-order valence-corrected chi connectivity index (χ4v) is 3.45. The molecule has 0 saturated heterocycles. The van der Waals surface area contributed by atoms with E-state index < -0.39 is 5.91 Å². The zero-order valence-electron chi connectivity index (χ0n) is 12.5. The van der Waals surface area contributed by atoms with Gasteiger partial charge in [0.15, 0.2) is 5.75 Å². The number of nitrogens with zero attached hydrogens (tertiary/aromatic N) is 1. The predicted molar refractivity (Wildman–Crippen MR) is 88.5 cm³/mol. The van der Waals surface area contributed by atoms with Gasteiger partial charge in [0.1, 0.15) is 5.52 Å². The summed E-state index contributed by atoms with van der Waals surface area (Å²) in [4.78, 5) is 16.0. The number of carbonyl (C=O) groups is 1. The third kappa shape index (κ3) is 2.14. The maximum atomic E-state index is 11.4. The van der Waals surface area contributed by atoms with Crippen LogP contribution in [0.15, 0.2) is 48.5 Å². The van der Waals surface area contributed by atoms with Gasteiger partial charge in [0.2, 0.25) is 0 Å². The molecule has 1 aliphatic carbocycles. The van der Waals surface area contributed by atoms with Crippen LogP contribution in [0.3, 0.4) is 0 Å². The molecule has 3 aromatic rings. The summed E-state index contributed by atoms with van der Waals surface area (Å²) >= 11 is 0. The fraction of sp³-hybridized carbons (Fsp3) is 0.158. The molecule has 1 atom stereocenters. The maximum absolute atomic E-state index is 11.4. The topological polar surface area (TPSA) is 76.2 Å². The van der Waals surface area contributed by atoms with Crippen LogP contribution in [0.2, 0.25) is 0 Å². The largest absolute Gasteiger partial charge is 0.505 e. The summed E-state index contributed by atoms with van der Waals surface area (Å²) in [5, 5.41) is 11.1. The van der Waals surface area contributed by atoms with Crippen LogP contribution in [-0.4, -0.2) is 16.0 Å². The Morgan fingerprint density at radius 1 is 1.13 bits per heavy atom. The van der Waals surface area contributed by atoms with Crippen LogP contribution in [0.5, 0.6) is 5.75 Å². The molecule has 23 heavy (non-hydrogen) atoms. The number of aromatic nitrogens is 1. The van der Waals surface area contributed by atoms with Gasteiger partial charge in [-0.2, -0.15) is 0 Å². The third-order valence-electron chi connectivity index (χ3n) is 4.61. The van der Waals surface area contributed by atoms with Gasteiger partial charge < -0.3 is 10.8 Å². The van der Waals surface area contributed by atoms with Gasteiger partial charge in [-0.25, -0.2) is 4.98 Å². The third-order valence-corrected chi connectivity index (χ3v) is 4.61. The normalized spacial score (nSPS) is 16.4. The number of rotatable bonds is 2. The number of amides is 1. The first-order valence-corrected chi connectivity index (χ1v) is 7.65. The number of fused-ring (bicyclic) bond motifs is 2. The molecule has 1 aliphatic rings. The highest BCUT2D eigenvalue weighted by molar-refractivity contribution is 6.01. The van der Waals surface area contributed by atoms with E-state index in [9.17, 15) is 9.90 Å². The molecule has 1 unspecified atom stereocenters. The van der Waals surface area contributed by atoms with Crippen molar-refractivity contribution >= 4 is 16.8 Å². The second-order valence-corrected chi connectivity index (χ2v) is 5.92. The number of aromatic hydroxyl groups is 1. The standard InChI is InChI=1S/C19H16N2O2/c20-19(23)15-9-6-12-7-10-16(21-17(12)18(15)22)14-8-5-11-3-1-2-4-13(11)14/h1-4,6-7,9-10,14,22H,5,8H2,(H2,20,23). The van der Waals surface area contributed by atoms with Crippen LogP contribution >= 0.6 is 0 Å². The molecule has 2 aromatic carbocycles. The lowest BCUT2D eigenvalue weighted by atomic mass is 9.96. The lowest BCUT2D eigenvalue weighted by Crippen LogP contribution is -2.11. The number of aryl methyl sites for hydroxylation is 1. The number of hydrogen-bond acceptors (Lipinski definition) is 3. The van der Waals surface area contributed by atoms with Crippen molar-refractivity contribution < 1.29 is 9.90 Å². The molecule has 4 heteroatoms. The molecule has 0 spiro atoms. The molecule has 3 N–H and O–H groups in total. The minimum Gasteiger partial charge on any atom is -0.505 e. The van der Waals surface area contributed by atoms with E-state index in [-0.39, 0.29) is 17.2 Å². The molecule has 114 valence electrons. The number of hydrogen-bond donors (Lipinski definition) is 2. The fourth-order valence-electron chi connectivity index (χ4n) is 3.45. The van der Waals surface area contributed by atoms with Gasteiger partial charge in [-0.3, -0.25) is 4.79 Å². The maximum Gasteiger partial charge on any atom is 0.252 e. The van der Waals surface area contributed by atoms with Crippen LogP contribution in [0, 0.1) is 0 Å². The zero-order chi connectivity index (χ0) is 16.0. The van der Waals surface area contributed by atoms with Crippen molar-refractivity contribution in [3.8, 4) is 5.75 Å². The van der Waals surface area contributed by atoms with E-state index in [1.165, 1.54) is 17.2 Å². The Labute approximate surface area is 133 Å². The van der Waals surface area contributed by atoms with E-state index in [0.29, 0.717) is 5.52 Å². The molecule has 4 rings (SSSR count). The first-order chi connectivity index (χ1) is 11.1. The zero-order valence-corrected chi connectivity index (χ0v) is 12.5. The van der Waals surface area contributed by atoms with Crippen LogP contribution in [0.4, 0.5) is 0 Å². The van der Waals surface area contributed by atoms with Gasteiger partial charge in [0, 0.05) is 17.0 Å². The molecular formula is C19H16N2O2. The predicted octanol–water partition coefficient (Wildman–Crippen LogP) is 3.12. The highest BCUT2D eigenvalue weighted by Crippen LogP contribution is 2.38. The summed E-state index contributed by atoms with van der Waals surface area (Å²) in [6, 6.07) is 15.6. The first kappa shape index (κ1) is 13.8. The van der Waals surface area contributed by atoms with Gasteiger partial charge >= 0.3 is 0 Å². The van der Waals surface area contributed by atoms with Crippen molar-refractivity contribution in [3.63, 3.8) is 0 Å². The van der Waals surface area contributed by atoms with Crippen molar-refractivity contribution in [2.75, 3.05) is 0 Å². The van der Waals surface area contributed by atoms with Crippen LogP contribution < -0.4 is 5.73 Å². The van der Waals surface area contributed by atoms with Crippen LogP contribution in [0.1, 0.15) is 39.5 Å². The molecule has 1 amide bonds. The Kier molecular flexibility index (Phi) is 3.05. The summed E-state index contributed by atoms with van der Waals surface area (Å²) in [7, 11) is 0. The lowest BCUT2D eigenvalue weighted by Gasteiger charge is -2.13. The minimum absolute atomic E-state index is 0.106. The van der Waals surface area contributed by atoms with Crippen molar-refractivity contribution in [2.24, 2.45) is 5.73 Å². The summed E-state index contributed by atoms with van der Waals surface area (Å²) in [5.74, 6) is -0.557. The van der Waals surface area contributed by atoms with Crippen molar-refractivity contribution in [2.45, 2.75) is 18.8 Å². The van der Waals surface area contributed by atoms with E-state index in [0.717, 1.165) is 23.9 Å². The summed E-state index contributed by atoms with van der Waals surface area (Å²) < 4.78 is 0. The van der Waals surface area contributed by atoms with Gasteiger partial charge in [-0.1, -0.05) is 36.4 Å². The van der Waals surface area contributed by atoms with E-state index >= 15 is 0 Å². The summed E-state index contributed by atoms with van der Waals surface area (Å²) in [5.41, 5.74) is 9.41. The molecular weight excluding hydrogens is 288 g/mol. The lowest BCUT2D eigenvalue weighted by molar-refractivity contribution is 0.0998. The van der Waals surface area contributed by atoms with Crippen molar-refractivity contribution in [3.05, 3.63) is 70.9 Å². The molecule has 0 radical (unpaired) electrons. The number of benzene rings is 2. The van der Waals surface area contributed by atoms with Crippen molar-refractivity contribution in [1.82, 2.24) is 4.98 Å². The molecule has 0 aliphatic heterocycles. The highest BCUT2D eigenvalue weighted by atomic mass is 16.3. The van der Waals surface area contributed by atoms with Gasteiger partial charge in [-0.15, -0.1) is 0 Å². The van der Waals surface area contributed by atoms with Crippen LogP contribution in [-0.2, 0) is 6.42 Å².